The molecule has 4 atom stereocenters. The van der Waals surface area contributed by atoms with Crippen LogP contribution in [0.3, 0.4) is 0 Å². The average molecular weight is 637 g/mol. The summed E-state index contributed by atoms with van der Waals surface area (Å²) < 4.78 is 22.8. The van der Waals surface area contributed by atoms with Crippen molar-refractivity contribution in [3.05, 3.63) is 138 Å². The molecular weight excluding hydrogens is 595 g/mol. The van der Waals surface area contributed by atoms with Gasteiger partial charge in [0.05, 0.1) is 6.04 Å². The SMILES string of the molecule is O[C@@H](COc1cccc2c3ccccc3c3ccccc3c12)CN1CCN(C2c3ccccc3C(F)C(C3CC3)c3ccccc32)CC1. The van der Waals surface area contributed by atoms with Crippen molar-refractivity contribution < 1.29 is 14.2 Å². The van der Waals surface area contributed by atoms with E-state index < -0.39 is 12.3 Å². The van der Waals surface area contributed by atoms with Gasteiger partial charge in [-0.1, -0.05) is 109 Å². The number of benzene rings is 6. The topological polar surface area (TPSA) is 35.9 Å². The highest BCUT2D eigenvalue weighted by molar-refractivity contribution is 6.26. The Hall–Kier alpha value is -4.29. The second kappa shape index (κ2) is 12.3. The van der Waals surface area contributed by atoms with Gasteiger partial charge in [-0.15, -0.1) is 0 Å². The highest BCUT2D eigenvalue weighted by Gasteiger charge is 2.44. The normalized spacial score (nSPS) is 22.3. The van der Waals surface area contributed by atoms with E-state index in [2.05, 4.69) is 101 Å². The molecule has 1 aliphatic heterocycles. The first-order valence-electron chi connectivity index (χ1n) is 17.6. The minimum absolute atomic E-state index is 0.0343. The van der Waals surface area contributed by atoms with E-state index in [9.17, 15) is 5.11 Å². The van der Waals surface area contributed by atoms with E-state index in [0.717, 1.165) is 72.1 Å². The Morgan fingerprint density at radius 2 is 1.15 bits per heavy atom. The van der Waals surface area contributed by atoms with Gasteiger partial charge in [-0.05, 0) is 74.0 Å². The van der Waals surface area contributed by atoms with Crippen LogP contribution in [0.4, 0.5) is 4.39 Å². The molecular formula is C43H41FN2O2. The molecule has 3 unspecified atom stereocenters. The summed E-state index contributed by atoms with van der Waals surface area (Å²) in [5.41, 5.74) is 4.43. The number of hydrogen-bond donors (Lipinski definition) is 1. The van der Waals surface area contributed by atoms with Crippen molar-refractivity contribution in [3.63, 3.8) is 0 Å². The Kier molecular flexibility index (Phi) is 7.64. The van der Waals surface area contributed by atoms with Gasteiger partial charge >= 0.3 is 0 Å². The fourth-order valence-electron chi connectivity index (χ4n) is 8.72. The van der Waals surface area contributed by atoms with Crippen LogP contribution in [0.5, 0.6) is 5.75 Å². The summed E-state index contributed by atoms with van der Waals surface area (Å²) in [6, 6.07) is 40.1. The van der Waals surface area contributed by atoms with Gasteiger partial charge in [0.2, 0.25) is 0 Å². The lowest BCUT2D eigenvalue weighted by Crippen LogP contribution is -2.50. The molecule has 5 heteroatoms. The van der Waals surface area contributed by atoms with Crippen LogP contribution in [0.25, 0.3) is 32.3 Å². The molecule has 1 N–H and O–H groups in total. The molecule has 1 saturated carbocycles. The van der Waals surface area contributed by atoms with E-state index >= 15 is 4.39 Å². The fraction of sp³-hybridized carbons (Fsp3) is 0.302. The summed E-state index contributed by atoms with van der Waals surface area (Å²) >= 11 is 0. The molecule has 3 aliphatic rings. The summed E-state index contributed by atoms with van der Waals surface area (Å²) in [5, 5.41) is 18.3. The van der Waals surface area contributed by atoms with Gasteiger partial charge in [0.25, 0.3) is 0 Å². The van der Waals surface area contributed by atoms with Crippen LogP contribution in [0.15, 0.2) is 115 Å². The molecule has 6 aromatic carbocycles. The number of rotatable bonds is 7. The maximum Gasteiger partial charge on any atom is 0.133 e. The number of piperazine rings is 1. The van der Waals surface area contributed by atoms with Crippen molar-refractivity contribution >= 4 is 32.3 Å². The Morgan fingerprint density at radius 3 is 1.79 bits per heavy atom. The number of fused-ring (bicyclic) bond motifs is 8. The number of β-amino-alcohol motifs (C(OH)–C–C–N with tert-alkyl or cyclic N) is 1. The van der Waals surface area contributed by atoms with Crippen molar-refractivity contribution in [3.8, 4) is 5.75 Å². The van der Waals surface area contributed by atoms with Crippen molar-refractivity contribution in [1.82, 2.24) is 9.80 Å². The maximum atomic E-state index is 16.4. The zero-order valence-electron chi connectivity index (χ0n) is 27.1. The Labute approximate surface area is 281 Å². The van der Waals surface area contributed by atoms with E-state index in [1.165, 1.54) is 27.3 Å². The van der Waals surface area contributed by atoms with Gasteiger partial charge in [0.15, 0.2) is 0 Å². The van der Waals surface area contributed by atoms with E-state index in [1.54, 1.807) is 0 Å². The Morgan fingerprint density at radius 1 is 0.625 bits per heavy atom. The van der Waals surface area contributed by atoms with Gasteiger partial charge < -0.3 is 9.84 Å². The van der Waals surface area contributed by atoms with Crippen LogP contribution in [0, 0.1) is 5.92 Å². The third-order valence-electron chi connectivity index (χ3n) is 11.1. The molecule has 4 nitrogen and oxygen atoms in total. The summed E-state index contributed by atoms with van der Waals surface area (Å²) in [4.78, 5) is 4.88. The van der Waals surface area contributed by atoms with Gasteiger partial charge in [-0.2, -0.15) is 0 Å². The lowest BCUT2D eigenvalue weighted by Gasteiger charge is -2.40. The largest absolute Gasteiger partial charge is 0.490 e. The van der Waals surface area contributed by atoms with E-state index in [-0.39, 0.29) is 18.6 Å². The van der Waals surface area contributed by atoms with Crippen LogP contribution in [0.1, 0.15) is 53.2 Å². The van der Waals surface area contributed by atoms with Crippen molar-refractivity contribution in [1.29, 1.82) is 0 Å². The average Bonchev–Trinajstić information content (AvgIpc) is 3.98. The van der Waals surface area contributed by atoms with Crippen molar-refractivity contribution in [2.45, 2.75) is 37.1 Å². The highest BCUT2D eigenvalue weighted by Crippen LogP contribution is 2.55. The van der Waals surface area contributed by atoms with Crippen molar-refractivity contribution in [2.75, 3.05) is 39.3 Å². The first-order valence-corrected chi connectivity index (χ1v) is 17.6. The standard InChI is InChI=1S/C43H41FN2O2/c44-42-36-15-6-8-17-38(36)43(37-16-7-5-14-35(37)40(42)28-20-21-28)46-24-22-45(23-25-46)26-29(47)27-48-39-19-9-18-34-32-11-2-1-10-30(32)31-12-3-4-13-33(31)41(34)39/h1-19,28-29,40,42-43,47H,20-27H2/t29-,40?,42?,43?/m1/s1. The number of alkyl halides is 1. The van der Waals surface area contributed by atoms with Gasteiger partial charge in [0.1, 0.15) is 24.6 Å². The molecule has 0 spiro atoms. The number of aliphatic hydroxyl groups is 1. The minimum atomic E-state index is -0.977. The molecule has 1 heterocycles. The van der Waals surface area contributed by atoms with E-state index in [0.29, 0.717) is 12.5 Å². The predicted octanol–water partition coefficient (Wildman–Crippen LogP) is 8.81. The molecule has 2 fully saturated rings. The number of hydrogen-bond acceptors (Lipinski definition) is 4. The van der Waals surface area contributed by atoms with Gasteiger partial charge in [-0.3, -0.25) is 9.80 Å². The molecule has 6 aromatic rings. The highest BCUT2D eigenvalue weighted by atomic mass is 19.1. The molecule has 2 aliphatic carbocycles. The molecule has 0 aromatic heterocycles. The Balaban J connectivity index is 0.918. The second-order valence-corrected chi connectivity index (χ2v) is 14.0. The summed E-state index contributed by atoms with van der Waals surface area (Å²) in [7, 11) is 0. The number of ether oxygens (including phenoxy) is 1. The zero-order valence-corrected chi connectivity index (χ0v) is 27.1. The lowest BCUT2D eigenvalue weighted by molar-refractivity contribution is 0.0403. The van der Waals surface area contributed by atoms with Crippen LogP contribution in [-0.4, -0.2) is 60.3 Å². The maximum absolute atomic E-state index is 16.4. The minimum Gasteiger partial charge on any atom is -0.490 e. The third kappa shape index (κ3) is 5.16. The zero-order chi connectivity index (χ0) is 32.2. The molecule has 0 amide bonds. The quantitative estimate of drug-likeness (QED) is 0.178. The van der Waals surface area contributed by atoms with Crippen LogP contribution in [0.2, 0.25) is 0 Å². The smallest absolute Gasteiger partial charge is 0.133 e. The molecule has 0 bridgehead atoms. The lowest BCUT2D eigenvalue weighted by atomic mass is 9.85. The predicted molar refractivity (Wildman–Crippen MR) is 193 cm³/mol. The summed E-state index contributed by atoms with van der Waals surface area (Å²) in [6.07, 6.45) is 0.634. The van der Waals surface area contributed by atoms with Crippen LogP contribution < -0.4 is 4.74 Å². The first kappa shape index (κ1) is 29.8. The number of nitrogens with zero attached hydrogens (tertiary/aromatic N) is 2. The molecule has 242 valence electrons. The molecule has 1 saturated heterocycles. The Bertz CT molecular complexity index is 2070. The molecule has 48 heavy (non-hydrogen) atoms. The van der Waals surface area contributed by atoms with Crippen molar-refractivity contribution in [2.24, 2.45) is 5.92 Å². The van der Waals surface area contributed by atoms with Crippen LogP contribution in [-0.2, 0) is 0 Å². The number of aliphatic hydroxyl groups excluding tert-OH is 1. The molecule has 9 rings (SSSR count). The monoisotopic (exact) mass is 636 g/mol. The fourth-order valence-corrected chi connectivity index (χ4v) is 8.72. The van der Waals surface area contributed by atoms with Gasteiger partial charge in [-0.25, -0.2) is 4.39 Å². The second-order valence-electron chi connectivity index (χ2n) is 14.0. The summed E-state index contributed by atoms with van der Waals surface area (Å²) in [6.45, 7) is 4.17. The summed E-state index contributed by atoms with van der Waals surface area (Å²) in [5.74, 6) is 1.17. The number of halogens is 1. The van der Waals surface area contributed by atoms with Gasteiger partial charge in [0, 0.05) is 44.0 Å². The van der Waals surface area contributed by atoms with E-state index in [1.807, 2.05) is 24.3 Å². The molecule has 0 radical (unpaired) electrons. The first-order chi connectivity index (χ1) is 23.7. The van der Waals surface area contributed by atoms with E-state index in [4.69, 9.17) is 4.74 Å². The third-order valence-corrected chi connectivity index (χ3v) is 11.1. The van der Waals surface area contributed by atoms with Crippen LogP contribution >= 0.6 is 0 Å².